The number of hydrogen-bond acceptors (Lipinski definition) is 5. The maximum absolute atomic E-state index is 14.1. The second kappa shape index (κ2) is 13.8. The molecule has 0 aliphatic carbocycles. The molecule has 2 aliphatic rings. The molecule has 0 spiro atoms. The molecule has 2 aliphatic heterocycles. The number of benzene rings is 2. The molecular weight excluding hydrogens is 574 g/mol. The lowest BCUT2D eigenvalue weighted by Crippen LogP contribution is -2.40. The third-order valence-corrected chi connectivity index (χ3v) is 9.41. The van der Waals surface area contributed by atoms with Crippen LogP contribution in [0.1, 0.15) is 70.9 Å². The summed E-state index contributed by atoms with van der Waals surface area (Å²) >= 11 is 0. The maximum Gasteiger partial charge on any atom is 0.254 e. The van der Waals surface area contributed by atoms with Gasteiger partial charge in [0.25, 0.3) is 17.4 Å². The van der Waals surface area contributed by atoms with Crippen molar-refractivity contribution in [3.63, 3.8) is 0 Å². The van der Waals surface area contributed by atoms with Crippen LogP contribution in [0.25, 0.3) is 11.1 Å². The first kappa shape index (κ1) is 32.8. The number of likely N-dealkylation sites (tertiary alicyclic amines) is 1. The van der Waals surface area contributed by atoms with Crippen molar-refractivity contribution in [3.8, 4) is 11.1 Å². The van der Waals surface area contributed by atoms with Gasteiger partial charge in [-0.3, -0.25) is 14.5 Å². The Morgan fingerprint density at radius 1 is 1.02 bits per heavy atom. The van der Waals surface area contributed by atoms with Crippen molar-refractivity contribution in [2.45, 2.75) is 78.4 Å². The van der Waals surface area contributed by atoms with Gasteiger partial charge >= 0.3 is 0 Å². The van der Waals surface area contributed by atoms with Crippen LogP contribution in [0.5, 0.6) is 0 Å². The minimum absolute atomic E-state index is 0.0958. The van der Waals surface area contributed by atoms with Crippen LogP contribution in [0.2, 0.25) is 0 Å². The molecule has 0 bridgehead atoms. The molecule has 7 nitrogen and oxygen atoms in total. The average Bonchev–Trinajstić information content (AvgIpc) is 3.01. The van der Waals surface area contributed by atoms with E-state index < -0.39 is 5.92 Å². The topological polar surface area (TPSA) is 68.9 Å². The first-order valence-corrected chi connectivity index (χ1v) is 16.1. The Balaban J connectivity index is 1.47. The van der Waals surface area contributed by atoms with Crippen LogP contribution in [-0.4, -0.2) is 72.6 Å². The van der Waals surface area contributed by atoms with E-state index in [0.29, 0.717) is 36.8 Å². The van der Waals surface area contributed by atoms with Crippen LogP contribution in [-0.2, 0) is 17.8 Å². The fourth-order valence-electron chi connectivity index (χ4n) is 6.70. The number of aryl methyl sites for hydroxylation is 2. The van der Waals surface area contributed by atoms with Crippen molar-refractivity contribution < 1.29 is 18.3 Å². The summed E-state index contributed by atoms with van der Waals surface area (Å²) in [5.74, 6) is -2.70. The Morgan fingerprint density at radius 3 is 2.31 bits per heavy atom. The molecule has 2 fully saturated rings. The molecule has 0 atom stereocenters. The smallest absolute Gasteiger partial charge is 0.254 e. The molecule has 5 rings (SSSR count). The molecular formula is C36H46F2N4O3. The number of hydrogen-bond donors (Lipinski definition) is 1. The lowest BCUT2D eigenvalue weighted by Gasteiger charge is -2.37. The van der Waals surface area contributed by atoms with Gasteiger partial charge in [-0.2, -0.15) is 0 Å². The summed E-state index contributed by atoms with van der Waals surface area (Å²) in [6.45, 7) is 11.8. The van der Waals surface area contributed by atoms with Gasteiger partial charge in [0.15, 0.2) is 0 Å². The second-order valence-electron chi connectivity index (χ2n) is 12.7. The number of piperidine rings is 1. The lowest BCUT2D eigenvalue weighted by molar-refractivity contribution is -0.0566. The van der Waals surface area contributed by atoms with Crippen LogP contribution in [0.15, 0.2) is 47.3 Å². The zero-order valence-corrected chi connectivity index (χ0v) is 27.2. The Hall–Kier alpha value is -3.56. The molecule has 45 heavy (non-hydrogen) atoms. The quantitative estimate of drug-likeness (QED) is 0.297. The number of nitrogens with zero attached hydrogens (tertiary/aromatic N) is 3. The molecule has 0 unspecified atom stereocenters. The van der Waals surface area contributed by atoms with E-state index >= 15 is 0 Å². The number of rotatable bonds is 9. The van der Waals surface area contributed by atoms with Crippen LogP contribution in [0, 0.1) is 20.8 Å². The van der Waals surface area contributed by atoms with E-state index in [1.165, 1.54) is 0 Å². The van der Waals surface area contributed by atoms with Gasteiger partial charge < -0.3 is 19.5 Å². The van der Waals surface area contributed by atoms with Gasteiger partial charge in [0.05, 0.1) is 6.54 Å². The maximum atomic E-state index is 14.1. The highest BCUT2D eigenvalue weighted by Gasteiger charge is 2.34. The number of anilines is 1. The number of carbonyl (C=O) groups is 1. The lowest BCUT2D eigenvalue weighted by atomic mass is 9.94. The molecule has 3 aromatic rings. The van der Waals surface area contributed by atoms with E-state index in [4.69, 9.17) is 4.74 Å². The minimum Gasteiger partial charge on any atom is -0.381 e. The molecule has 1 amide bonds. The minimum atomic E-state index is -2.56. The number of ether oxygens (including phenoxy) is 1. The van der Waals surface area contributed by atoms with Crippen LogP contribution >= 0.6 is 0 Å². The zero-order chi connectivity index (χ0) is 32.3. The first-order valence-electron chi connectivity index (χ1n) is 16.1. The van der Waals surface area contributed by atoms with E-state index in [0.717, 1.165) is 71.8 Å². The van der Waals surface area contributed by atoms with E-state index in [1.54, 1.807) is 11.9 Å². The Morgan fingerprint density at radius 2 is 1.69 bits per heavy atom. The third kappa shape index (κ3) is 7.64. The Kier molecular flexibility index (Phi) is 10.1. The van der Waals surface area contributed by atoms with Gasteiger partial charge in [-0.25, -0.2) is 8.78 Å². The number of halogens is 2. The highest BCUT2D eigenvalue weighted by molar-refractivity contribution is 5.98. The van der Waals surface area contributed by atoms with Gasteiger partial charge in [0.1, 0.15) is 0 Å². The van der Waals surface area contributed by atoms with E-state index in [-0.39, 0.29) is 30.9 Å². The fourth-order valence-corrected chi connectivity index (χ4v) is 6.70. The highest BCUT2D eigenvalue weighted by Crippen LogP contribution is 2.35. The van der Waals surface area contributed by atoms with Crippen molar-refractivity contribution in [2.75, 3.05) is 44.8 Å². The molecule has 1 N–H and O–H groups in total. The van der Waals surface area contributed by atoms with Crippen molar-refractivity contribution in [1.82, 2.24) is 14.8 Å². The van der Waals surface area contributed by atoms with Gasteiger partial charge in [-0.05, 0) is 86.6 Å². The van der Waals surface area contributed by atoms with Gasteiger partial charge in [-0.1, -0.05) is 24.3 Å². The van der Waals surface area contributed by atoms with E-state index in [9.17, 15) is 18.4 Å². The van der Waals surface area contributed by atoms with Crippen molar-refractivity contribution in [2.24, 2.45) is 0 Å². The Bertz CT molecular complexity index is 1550. The fraction of sp³-hybridized carbons (Fsp3) is 0.500. The molecule has 2 saturated heterocycles. The number of aromatic nitrogens is 1. The SMILES string of the molecule is CCN(c1cc(-c2ccc(CN3CCC(F)(F)CC3)cc2)cc(C(=O)N(C)Cc2c(C)cc(C)[nH]c2=O)c1C)C1CCOCC1. The normalized spacial score (nSPS) is 17.3. The van der Waals surface area contributed by atoms with Gasteiger partial charge in [-0.15, -0.1) is 0 Å². The van der Waals surface area contributed by atoms with Gasteiger partial charge in [0.2, 0.25) is 0 Å². The van der Waals surface area contributed by atoms with Crippen molar-refractivity contribution >= 4 is 11.6 Å². The second-order valence-corrected chi connectivity index (χ2v) is 12.7. The largest absolute Gasteiger partial charge is 0.381 e. The summed E-state index contributed by atoms with van der Waals surface area (Å²) in [6.07, 6.45) is 1.66. The summed E-state index contributed by atoms with van der Waals surface area (Å²) in [4.78, 5) is 35.8. The first-order chi connectivity index (χ1) is 21.5. The molecule has 9 heteroatoms. The number of H-pyrrole nitrogens is 1. The van der Waals surface area contributed by atoms with E-state index in [1.807, 2.05) is 32.9 Å². The van der Waals surface area contributed by atoms with Crippen molar-refractivity contribution in [1.29, 1.82) is 0 Å². The van der Waals surface area contributed by atoms with Crippen LogP contribution in [0.4, 0.5) is 14.5 Å². The third-order valence-electron chi connectivity index (χ3n) is 9.41. The molecule has 1 aromatic heterocycles. The molecule has 2 aromatic carbocycles. The summed E-state index contributed by atoms with van der Waals surface area (Å²) in [7, 11) is 1.74. The average molecular weight is 621 g/mol. The number of alkyl halides is 2. The molecule has 0 radical (unpaired) electrons. The van der Waals surface area contributed by atoms with Crippen LogP contribution in [0.3, 0.4) is 0 Å². The molecule has 0 saturated carbocycles. The van der Waals surface area contributed by atoms with Gasteiger partial charge in [0, 0.05) is 87.8 Å². The van der Waals surface area contributed by atoms with Crippen LogP contribution < -0.4 is 10.5 Å². The van der Waals surface area contributed by atoms with Crippen molar-refractivity contribution in [3.05, 3.63) is 86.3 Å². The summed E-state index contributed by atoms with van der Waals surface area (Å²) in [5.41, 5.74) is 7.60. The highest BCUT2D eigenvalue weighted by atomic mass is 19.3. The molecule has 242 valence electrons. The standard InChI is InChI=1S/C36H46F2N4O3/c1-6-42(30-11-17-45-18-12-30)33-21-29(28-9-7-27(8-10-28)22-41-15-13-36(37,38)14-16-41)20-31(26(33)4)35(44)40(5)23-32-24(2)19-25(3)39-34(32)43/h7-10,19-21,30H,6,11-18,22-23H2,1-5H3,(H,39,43). The number of carbonyl (C=O) groups excluding carboxylic acids is 1. The predicted octanol–water partition coefficient (Wildman–Crippen LogP) is 6.48. The number of nitrogens with one attached hydrogen (secondary N) is 1. The van der Waals surface area contributed by atoms with E-state index in [2.05, 4.69) is 52.0 Å². The zero-order valence-electron chi connectivity index (χ0n) is 27.2. The number of pyridine rings is 1. The number of amides is 1. The number of aromatic amines is 1. The summed E-state index contributed by atoms with van der Waals surface area (Å²) in [6, 6.07) is 14.6. The predicted molar refractivity (Wildman–Crippen MR) is 175 cm³/mol. The summed E-state index contributed by atoms with van der Waals surface area (Å²) in [5, 5.41) is 0. The monoisotopic (exact) mass is 620 g/mol. The summed E-state index contributed by atoms with van der Waals surface area (Å²) < 4.78 is 32.9. The Labute approximate surface area is 265 Å². The molecule has 3 heterocycles.